The number of nitrogens with two attached hydrogens (primary N) is 1. The number of aromatic nitrogens is 2. The van der Waals surface area contributed by atoms with E-state index in [0.717, 1.165) is 41.4 Å². The van der Waals surface area contributed by atoms with E-state index in [-0.39, 0.29) is 6.10 Å². The quantitative estimate of drug-likeness (QED) is 0.419. The first-order valence-corrected chi connectivity index (χ1v) is 10.5. The van der Waals surface area contributed by atoms with Crippen LogP contribution >= 0.6 is 0 Å². The molecule has 0 aliphatic carbocycles. The number of nitriles is 1. The standard InChI is InChI=1S/C24H25N7O/c1-16(26)28-19-3-5-20(6-4-19)29-24-27-11-8-22(30-24)17-2-7-23(18(14-17)15-25)31-12-9-21(32)10-13-31/h2-8,11,14,21,32H,9-10,12-13H2,1H3,(H2,26,28)(H,27,29,30). The van der Waals surface area contributed by atoms with E-state index in [1.165, 1.54) is 0 Å². The number of piperidine rings is 1. The summed E-state index contributed by atoms with van der Waals surface area (Å²) in [7, 11) is 0. The van der Waals surface area contributed by atoms with Gasteiger partial charge < -0.3 is 21.1 Å². The minimum absolute atomic E-state index is 0.253. The molecule has 0 unspecified atom stereocenters. The van der Waals surface area contributed by atoms with Crippen molar-refractivity contribution in [2.45, 2.75) is 25.9 Å². The summed E-state index contributed by atoms with van der Waals surface area (Å²) in [5.41, 5.74) is 10.3. The zero-order valence-corrected chi connectivity index (χ0v) is 17.9. The number of hydrogen-bond donors (Lipinski definition) is 3. The molecule has 8 heteroatoms. The lowest BCUT2D eigenvalue weighted by atomic mass is 10.0. The van der Waals surface area contributed by atoms with Gasteiger partial charge in [0, 0.05) is 30.5 Å². The first kappa shape index (κ1) is 21.3. The highest BCUT2D eigenvalue weighted by Gasteiger charge is 2.20. The lowest BCUT2D eigenvalue weighted by Crippen LogP contribution is -2.36. The van der Waals surface area contributed by atoms with Crippen molar-refractivity contribution in [2.24, 2.45) is 10.7 Å². The Morgan fingerprint density at radius 1 is 1.19 bits per heavy atom. The number of benzene rings is 2. The third-order valence-electron chi connectivity index (χ3n) is 5.30. The Morgan fingerprint density at radius 3 is 2.62 bits per heavy atom. The topological polar surface area (TPSA) is 123 Å². The van der Waals surface area contributed by atoms with Crippen molar-refractivity contribution in [2.75, 3.05) is 23.3 Å². The highest BCUT2D eigenvalue weighted by molar-refractivity contribution is 5.80. The monoisotopic (exact) mass is 427 g/mol. The highest BCUT2D eigenvalue weighted by atomic mass is 16.3. The van der Waals surface area contributed by atoms with Gasteiger partial charge >= 0.3 is 0 Å². The van der Waals surface area contributed by atoms with Crippen molar-refractivity contribution in [3.05, 3.63) is 60.3 Å². The normalized spacial score (nSPS) is 14.8. The van der Waals surface area contributed by atoms with Gasteiger partial charge in [0.2, 0.25) is 5.95 Å². The molecule has 162 valence electrons. The Labute approximate surface area is 187 Å². The summed E-state index contributed by atoms with van der Waals surface area (Å²) in [6.07, 6.45) is 2.86. The third-order valence-corrected chi connectivity index (χ3v) is 5.30. The summed E-state index contributed by atoms with van der Waals surface area (Å²) in [6, 6.07) is 17.4. The molecule has 1 aromatic heterocycles. The average molecular weight is 428 g/mol. The molecule has 4 rings (SSSR count). The van der Waals surface area contributed by atoms with E-state index in [1.807, 2.05) is 48.5 Å². The van der Waals surface area contributed by atoms with Gasteiger partial charge in [-0.1, -0.05) is 6.07 Å². The fourth-order valence-corrected chi connectivity index (χ4v) is 3.70. The summed E-state index contributed by atoms with van der Waals surface area (Å²) in [6.45, 7) is 3.23. The van der Waals surface area contributed by atoms with E-state index in [1.54, 1.807) is 13.1 Å². The molecule has 1 aliphatic rings. The number of aliphatic hydroxyl groups excluding tert-OH is 1. The van der Waals surface area contributed by atoms with Gasteiger partial charge in [-0.25, -0.2) is 15.0 Å². The van der Waals surface area contributed by atoms with Gasteiger partial charge in [0.15, 0.2) is 0 Å². The molecular weight excluding hydrogens is 402 g/mol. The van der Waals surface area contributed by atoms with Gasteiger partial charge in [0.05, 0.1) is 34.6 Å². The van der Waals surface area contributed by atoms with Crippen LogP contribution in [-0.2, 0) is 0 Å². The van der Waals surface area contributed by atoms with Crippen LogP contribution in [-0.4, -0.2) is 40.1 Å². The SMILES string of the molecule is CC(N)=Nc1ccc(Nc2nccc(-c3ccc(N4CCC(O)CC4)c(C#N)c3)n2)cc1. The highest BCUT2D eigenvalue weighted by Crippen LogP contribution is 2.29. The van der Waals surface area contributed by atoms with Gasteiger partial charge in [0.1, 0.15) is 6.07 Å². The molecule has 2 heterocycles. The van der Waals surface area contributed by atoms with Crippen molar-refractivity contribution in [1.29, 1.82) is 5.26 Å². The Bertz CT molecular complexity index is 1160. The Morgan fingerprint density at radius 2 is 1.94 bits per heavy atom. The van der Waals surface area contributed by atoms with Crippen LogP contribution in [0, 0.1) is 11.3 Å². The summed E-state index contributed by atoms with van der Waals surface area (Å²) in [5, 5.41) is 22.7. The van der Waals surface area contributed by atoms with E-state index in [9.17, 15) is 10.4 Å². The second-order valence-corrected chi connectivity index (χ2v) is 7.75. The first-order chi connectivity index (χ1) is 15.5. The fraction of sp³-hybridized carbons (Fsp3) is 0.250. The van der Waals surface area contributed by atoms with E-state index >= 15 is 0 Å². The van der Waals surface area contributed by atoms with Crippen molar-refractivity contribution < 1.29 is 5.11 Å². The number of anilines is 3. The van der Waals surface area contributed by atoms with E-state index in [2.05, 4.69) is 31.2 Å². The Kier molecular flexibility index (Phi) is 6.29. The summed E-state index contributed by atoms with van der Waals surface area (Å²) >= 11 is 0. The second kappa shape index (κ2) is 9.45. The van der Waals surface area contributed by atoms with Gasteiger partial charge in [-0.3, -0.25) is 0 Å². The minimum atomic E-state index is -0.253. The number of aliphatic imine (C=N–C) groups is 1. The molecule has 0 spiro atoms. The Balaban J connectivity index is 1.54. The maximum Gasteiger partial charge on any atom is 0.227 e. The lowest BCUT2D eigenvalue weighted by Gasteiger charge is -2.32. The van der Waals surface area contributed by atoms with Crippen LogP contribution in [0.15, 0.2) is 59.7 Å². The van der Waals surface area contributed by atoms with Crippen LogP contribution in [0.25, 0.3) is 11.3 Å². The molecule has 1 saturated heterocycles. The van der Waals surface area contributed by atoms with Crippen LogP contribution in [0.5, 0.6) is 0 Å². The maximum atomic E-state index is 9.75. The maximum absolute atomic E-state index is 9.75. The third kappa shape index (κ3) is 5.02. The number of nitrogens with zero attached hydrogens (tertiary/aromatic N) is 5. The van der Waals surface area contributed by atoms with Gasteiger partial charge in [-0.05, 0) is 62.2 Å². The van der Waals surface area contributed by atoms with Crippen LogP contribution < -0.4 is 16.0 Å². The fourth-order valence-electron chi connectivity index (χ4n) is 3.70. The second-order valence-electron chi connectivity index (χ2n) is 7.75. The predicted octanol–water partition coefficient (Wildman–Crippen LogP) is 3.73. The van der Waals surface area contributed by atoms with Crippen molar-refractivity contribution in [1.82, 2.24) is 9.97 Å². The molecule has 0 saturated carbocycles. The summed E-state index contributed by atoms with van der Waals surface area (Å²) < 4.78 is 0. The summed E-state index contributed by atoms with van der Waals surface area (Å²) in [5.74, 6) is 0.962. The van der Waals surface area contributed by atoms with Crippen LogP contribution in [0.4, 0.5) is 23.0 Å². The molecule has 0 radical (unpaired) electrons. The molecule has 32 heavy (non-hydrogen) atoms. The molecule has 0 atom stereocenters. The number of rotatable bonds is 5. The molecule has 1 aliphatic heterocycles. The molecule has 8 nitrogen and oxygen atoms in total. The number of hydrogen-bond acceptors (Lipinski definition) is 7. The summed E-state index contributed by atoms with van der Waals surface area (Å²) in [4.78, 5) is 15.3. The molecule has 2 aromatic carbocycles. The molecule has 4 N–H and O–H groups in total. The van der Waals surface area contributed by atoms with E-state index in [4.69, 9.17) is 5.73 Å². The van der Waals surface area contributed by atoms with Crippen molar-refractivity contribution >= 4 is 28.8 Å². The van der Waals surface area contributed by atoms with E-state index < -0.39 is 0 Å². The molecule has 0 bridgehead atoms. The lowest BCUT2D eigenvalue weighted by molar-refractivity contribution is 0.145. The predicted molar refractivity (Wildman–Crippen MR) is 126 cm³/mol. The van der Waals surface area contributed by atoms with Gasteiger partial charge in [-0.15, -0.1) is 0 Å². The zero-order valence-electron chi connectivity index (χ0n) is 17.9. The van der Waals surface area contributed by atoms with Gasteiger partial charge in [-0.2, -0.15) is 5.26 Å². The van der Waals surface area contributed by atoms with E-state index in [0.29, 0.717) is 30.2 Å². The molecule has 1 fully saturated rings. The zero-order chi connectivity index (χ0) is 22.5. The Hall–Kier alpha value is -3.96. The first-order valence-electron chi connectivity index (χ1n) is 10.5. The number of nitrogens with one attached hydrogen (secondary N) is 1. The molecule has 3 aromatic rings. The average Bonchev–Trinajstić information content (AvgIpc) is 2.80. The van der Waals surface area contributed by atoms with Crippen molar-refractivity contribution in [3.8, 4) is 17.3 Å². The number of aliphatic hydroxyl groups is 1. The largest absolute Gasteiger partial charge is 0.393 e. The van der Waals surface area contributed by atoms with Crippen LogP contribution in [0.1, 0.15) is 25.3 Å². The number of amidine groups is 1. The molecule has 0 amide bonds. The minimum Gasteiger partial charge on any atom is -0.393 e. The smallest absolute Gasteiger partial charge is 0.227 e. The van der Waals surface area contributed by atoms with Crippen molar-refractivity contribution in [3.63, 3.8) is 0 Å². The van der Waals surface area contributed by atoms with Gasteiger partial charge in [0.25, 0.3) is 0 Å². The molecular formula is C24H25N7O. The van der Waals surface area contributed by atoms with Crippen LogP contribution in [0.3, 0.4) is 0 Å². The van der Waals surface area contributed by atoms with Crippen LogP contribution in [0.2, 0.25) is 0 Å².